The maximum atomic E-state index is 13.6. The zero-order valence-electron chi connectivity index (χ0n) is 15.8. The first kappa shape index (κ1) is 17.4. The number of hydrogen-bond acceptors (Lipinski definition) is 4. The first-order chi connectivity index (χ1) is 14.2. The highest BCUT2D eigenvalue weighted by atomic mass is 19.1. The molecule has 0 aliphatic carbocycles. The number of pyridine rings is 1. The molecule has 0 saturated heterocycles. The van der Waals surface area contributed by atoms with Gasteiger partial charge < -0.3 is 14.5 Å². The minimum atomic E-state index is -0.259. The Bertz CT molecular complexity index is 1200. The summed E-state index contributed by atoms with van der Waals surface area (Å²) < 4.78 is 24.5. The summed E-state index contributed by atoms with van der Waals surface area (Å²) in [6, 6.07) is 18.2. The van der Waals surface area contributed by atoms with Gasteiger partial charge >= 0.3 is 0 Å². The van der Waals surface area contributed by atoms with Crippen LogP contribution in [-0.4, -0.2) is 21.7 Å². The van der Waals surface area contributed by atoms with E-state index >= 15 is 0 Å². The van der Waals surface area contributed by atoms with E-state index in [-0.39, 0.29) is 12.6 Å². The second-order valence-corrected chi connectivity index (χ2v) is 6.95. The van der Waals surface area contributed by atoms with E-state index in [1.165, 1.54) is 12.1 Å². The van der Waals surface area contributed by atoms with Crippen LogP contribution in [-0.2, 0) is 6.42 Å². The average Bonchev–Trinajstić information content (AvgIpc) is 3.34. The first-order valence-corrected chi connectivity index (χ1v) is 9.33. The summed E-state index contributed by atoms with van der Waals surface area (Å²) in [6.45, 7) is 2.17. The summed E-state index contributed by atoms with van der Waals surface area (Å²) in [6.07, 6.45) is 0.487. The number of halogens is 1. The molecule has 6 heteroatoms. The van der Waals surface area contributed by atoms with Crippen molar-refractivity contribution >= 4 is 0 Å². The second-order valence-electron chi connectivity index (χ2n) is 6.95. The summed E-state index contributed by atoms with van der Waals surface area (Å²) in [5.74, 6) is 1.90. The van der Waals surface area contributed by atoms with Crippen LogP contribution in [0.3, 0.4) is 0 Å². The van der Waals surface area contributed by atoms with E-state index in [1.807, 2.05) is 49.4 Å². The van der Waals surface area contributed by atoms with Crippen LogP contribution >= 0.6 is 0 Å². The van der Waals surface area contributed by atoms with Crippen LogP contribution in [0.4, 0.5) is 4.39 Å². The summed E-state index contributed by atoms with van der Waals surface area (Å²) in [5, 5.41) is 0. The topological polar surface area (TPSA) is 60.0 Å². The SMILES string of the molecule is Cc1cccc(-c2[nH]c(Cc3cccc(F)c3)nc2-c2ccc3c(c2)OCO3)n1. The van der Waals surface area contributed by atoms with Crippen molar-refractivity contribution in [2.45, 2.75) is 13.3 Å². The molecule has 0 radical (unpaired) electrons. The number of rotatable bonds is 4. The number of nitrogens with one attached hydrogen (secondary N) is 1. The molecule has 2 aromatic heterocycles. The fourth-order valence-corrected chi connectivity index (χ4v) is 3.47. The normalized spacial score (nSPS) is 12.3. The van der Waals surface area contributed by atoms with E-state index < -0.39 is 0 Å². The number of aryl methyl sites for hydroxylation is 1. The number of imidazole rings is 1. The van der Waals surface area contributed by atoms with Crippen LogP contribution < -0.4 is 9.47 Å². The molecule has 0 amide bonds. The molecule has 1 aliphatic heterocycles. The number of H-pyrrole nitrogens is 1. The average molecular weight is 387 g/mol. The molecule has 0 saturated carbocycles. The minimum absolute atomic E-state index is 0.219. The fraction of sp³-hybridized carbons (Fsp3) is 0.130. The lowest BCUT2D eigenvalue weighted by molar-refractivity contribution is 0.174. The molecular formula is C23H18FN3O2. The number of hydrogen-bond donors (Lipinski definition) is 1. The third kappa shape index (κ3) is 3.45. The van der Waals surface area contributed by atoms with Crippen LogP contribution in [0.2, 0.25) is 0 Å². The van der Waals surface area contributed by atoms with Gasteiger partial charge in [-0.2, -0.15) is 0 Å². The maximum absolute atomic E-state index is 13.6. The van der Waals surface area contributed by atoms with Gasteiger partial charge in [0.1, 0.15) is 11.6 Å². The first-order valence-electron chi connectivity index (χ1n) is 9.33. The van der Waals surface area contributed by atoms with Crippen molar-refractivity contribution in [2.75, 3.05) is 6.79 Å². The molecule has 5 nitrogen and oxygen atoms in total. The quantitative estimate of drug-likeness (QED) is 0.541. The van der Waals surface area contributed by atoms with Gasteiger partial charge in [0.25, 0.3) is 0 Å². The van der Waals surface area contributed by atoms with Crippen molar-refractivity contribution in [2.24, 2.45) is 0 Å². The van der Waals surface area contributed by atoms with Gasteiger partial charge in [-0.1, -0.05) is 18.2 Å². The van der Waals surface area contributed by atoms with Gasteiger partial charge in [-0.25, -0.2) is 9.37 Å². The lowest BCUT2D eigenvalue weighted by atomic mass is 10.1. The molecule has 3 heterocycles. The number of nitrogens with zero attached hydrogens (tertiary/aromatic N) is 2. The molecule has 0 spiro atoms. The van der Waals surface area contributed by atoms with Crippen molar-refractivity contribution in [1.29, 1.82) is 0 Å². The predicted molar refractivity (Wildman–Crippen MR) is 107 cm³/mol. The number of aromatic nitrogens is 3. The summed E-state index contributed by atoms with van der Waals surface area (Å²) >= 11 is 0. The summed E-state index contributed by atoms with van der Waals surface area (Å²) in [5.41, 5.74) is 5.05. The van der Waals surface area contributed by atoms with Crippen molar-refractivity contribution in [3.8, 4) is 34.1 Å². The molecule has 0 fully saturated rings. The zero-order valence-corrected chi connectivity index (χ0v) is 15.8. The molecule has 4 aromatic rings. The van der Waals surface area contributed by atoms with Gasteiger partial charge in [0.2, 0.25) is 6.79 Å². The van der Waals surface area contributed by atoms with Crippen LogP contribution in [0.25, 0.3) is 22.6 Å². The molecule has 1 N–H and O–H groups in total. The van der Waals surface area contributed by atoms with E-state index in [0.29, 0.717) is 12.2 Å². The number of fused-ring (bicyclic) bond motifs is 1. The Labute approximate surface area is 167 Å². The molecule has 2 aromatic carbocycles. The lowest BCUT2D eigenvalue weighted by Gasteiger charge is -2.04. The molecule has 144 valence electrons. The predicted octanol–water partition coefficient (Wildman–Crippen LogP) is 4.91. The van der Waals surface area contributed by atoms with Gasteiger partial charge in [0.15, 0.2) is 11.5 Å². The van der Waals surface area contributed by atoms with Crippen molar-refractivity contribution < 1.29 is 13.9 Å². The van der Waals surface area contributed by atoms with E-state index in [4.69, 9.17) is 14.5 Å². The Morgan fingerprint density at radius 1 is 0.966 bits per heavy atom. The highest BCUT2D eigenvalue weighted by Crippen LogP contribution is 2.38. The molecule has 0 atom stereocenters. The fourth-order valence-electron chi connectivity index (χ4n) is 3.47. The van der Waals surface area contributed by atoms with Crippen LogP contribution in [0.5, 0.6) is 11.5 Å². The monoisotopic (exact) mass is 387 g/mol. The number of ether oxygens (including phenoxy) is 2. The Hall–Kier alpha value is -3.67. The Balaban J connectivity index is 1.61. The smallest absolute Gasteiger partial charge is 0.231 e. The molecular weight excluding hydrogens is 369 g/mol. The zero-order chi connectivity index (χ0) is 19.8. The summed E-state index contributed by atoms with van der Waals surface area (Å²) in [4.78, 5) is 12.9. The van der Waals surface area contributed by atoms with Crippen LogP contribution in [0, 0.1) is 12.7 Å². The van der Waals surface area contributed by atoms with Crippen LogP contribution in [0.1, 0.15) is 17.1 Å². The van der Waals surface area contributed by atoms with Crippen molar-refractivity contribution in [3.63, 3.8) is 0 Å². The Kier molecular flexibility index (Phi) is 4.24. The molecule has 1 aliphatic rings. The van der Waals surface area contributed by atoms with Gasteiger partial charge in [-0.3, -0.25) is 4.98 Å². The molecule has 29 heavy (non-hydrogen) atoms. The highest BCUT2D eigenvalue weighted by Gasteiger charge is 2.19. The van der Waals surface area contributed by atoms with Gasteiger partial charge in [0, 0.05) is 17.7 Å². The second kappa shape index (κ2) is 7.05. The summed E-state index contributed by atoms with van der Waals surface area (Å²) in [7, 11) is 0. The van der Waals surface area contributed by atoms with E-state index in [9.17, 15) is 4.39 Å². The standard InChI is InChI=1S/C23H18FN3O2/c1-14-4-2-7-18(25-14)23-22(16-8-9-19-20(12-16)29-13-28-19)26-21(27-23)11-15-5-3-6-17(24)10-15/h2-10,12H,11,13H2,1H3,(H,26,27). The van der Waals surface area contributed by atoms with E-state index in [2.05, 4.69) is 9.97 Å². The Morgan fingerprint density at radius 2 is 1.83 bits per heavy atom. The molecule has 0 bridgehead atoms. The van der Waals surface area contributed by atoms with E-state index in [1.54, 1.807) is 6.07 Å². The van der Waals surface area contributed by atoms with Gasteiger partial charge in [0.05, 0.1) is 17.1 Å². The molecule has 5 rings (SSSR count). The van der Waals surface area contributed by atoms with Crippen LogP contribution in [0.15, 0.2) is 60.7 Å². The minimum Gasteiger partial charge on any atom is -0.454 e. The highest BCUT2D eigenvalue weighted by molar-refractivity contribution is 5.78. The lowest BCUT2D eigenvalue weighted by Crippen LogP contribution is -1.92. The maximum Gasteiger partial charge on any atom is 0.231 e. The van der Waals surface area contributed by atoms with Gasteiger partial charge in [-0.05, 0) is 55.0 Å². The Morgan fingerprint density at radius 3 is 2.69 bits per heavy atom. The molecule has 0 unspecified atom stereocenters. The third-order valence-electron chi connectivity index (χ3n) is 4.80. The largest absolute Gasteiger partial charge is 0.454 e. The number of aromatic amines is 1. The van der Waals surface area contributed by atoms with E-state index in [0.717, 1.165) is 45.5 Å². The third-order valence-corrected chi connectivity index (χ3v) is 4.80. The number of benzene rings is 2. The van der Waals surface area contributed by atoms with Crippen molar-refractivity contribution in [1.82, 2.24) is 15.0 Å². The van der Waals surface area contributed by atoms with Gasteiger partial charge in [-0.15, -0.1) is 0 Å². The van der Waals surface area contributed by atoms with Crippen molar-refractivity contribution in [3.05, 3.63) is 83.6 Å².